The zero-order valence-electron chi connectivity index (χ0n) is 12.3. The van der Waals surface area contributed by atoms with Crippen LogP contribution in [0.15, 0.2) is 30.3 Å². The van der Waals surface area contributed by atoms with E-state index in [1.54, 1.807) is 0 Å². The summed E-state index contributed by atoms with van der Waals surface area (Å²) in [5.74, 6) is 0.768. The van der Waals surface area contributed by atoms with Gasteiger partial charge >= 0.3 is 0 Å². The molecule has 1 aromatic carbocycles. The first-order chi connectivity index (χ1) is 9.69. The normalized spacial score (nSPS) is 18.0. The van der Waals surface area contributed by atoms with Gasteiger partial charge in [0.1, 0.15) is 0 Å². The summed E-state index contributed by atoms with van der Waals surface area (Å²) < 4.78 is 0. The van der Waals surface area contributed by atoms with Gasteiger partial charge < -0.3 is 10.6 Å². The summed E-state index contributed by atoms with van der Waals surface area (Å²) in [5, 5.41) is 0. The van der Waals surface area contributed by atoms with E-state index in [4.69, 9.17) is 5.73 Å². The van der Waals surface area contributed by atoms with Gasteiger partial charge in [-0.25, -0.2) is 0 Å². The zero-order valence-corrected chi connectivity index (χ0v) is 12.3. The molecular formula is C16H25N3O. The number of hydrogen-bond donors (Lipinski definition) is 1. The van der Waals surface area contributed by atoms with E-state index in [-0.39, 0.29) is 5.91 Å². The predicted octanol–water partition coefficient (Wildman–Crippen LogP) is 0.968. The molecule has 0 aromatic heterocycles. The Morgan fingerprint density at radius 3 is 2.45 bits per heavy atom. The van der Waals surface area contributed by atoms with Crippen molar-refractivity contribution in [3.63, 3.8) is 0 Å². The Labute approximate surface area is 121 Å². The van der Waals surface area contributed by atoms with Crippen molar-refractivity contribution in [1.82, 2.24) is 9.80 Å². The van der Waals surface area contributed by atoms with E-state index in [1.807, 2.05) is 35.2 Å². The Morgan fingerprint density at radius 2 is 1.85 bits per heavy atom. The van der Waals surface area contributed by atoms with Gasteiger partial charge in [0.05, 0.1) is 6.42 Å². The molecule has 1 saturated heterocycles. The number of rotatable bonds is 5. The number of carbonyl (C=O) groups excluding carboxylic acids is 1. The molecule has 1 unspecified atom stereocenters. The van der Waals surface area contributed by atoms with Crippen molar-refractivity contribution < 1.29 is 4.79 Å². The molecule has 0 saturated carbocycles. The van der Waals surface area contributed by atoms with E-state index in [0.717, 1.165) is 44.8 Å². The van der Waals surface area contributed by atoms with Gasteiger partial charge in [0.25, 0.3) is 0 Å². The SMILES string of the molecule is CC(CN)CN1CCN(C(=O)Cc2ccccc2)CC1. The van der Waals surface area contributed by atoms with E-state index in [1.165, 1.54) is 0 Å². The highest BCUT2D eigenvalue weighted by Gasteiger charge is 2.21. The lowest BCUT2D eigenvalue weighted by Crippen LogP contribution is -2.50. The highest BCUT2D eigenvalue weighted by molar-refractivity contribution is 5.78. The van der Waals surface area contributed by atoms with Gasteiger partial charge in [-0.3, -0.25) is 9.69 Å². The third kappa shape index (κ3) is 4.32. The third-order valence-corrected chi connectivity index (χ3v) is 3.90. The third-order valence-electron chi connectivity index (χ3n) is 3.90. The summed E-state index contributed by atoms with van der Waals surface area (Å²) in [6, 6.07) is 9.96. The Morgan fingerprint density at radius 1 is 1.20 bits per heavy atom. The molecule has 1 aliphatic heterocycles. The lowest BCUT2D eigenvalue weighted by Gasteiger charge is -2.35. The van der Waals surface area contributed by atoms with Crippen LogP contribution in [0.2, 0.25) is 0 Å². The van der Waals surface area contributed by atoms with Gasteiger partial charge in [0.15, 0.2) is 0 Å². The first kappa shape index (κ1) is 15.0. The first-order valence-electron chi connectivity index (χ1n) is 7.43. The number of nitrogens with two attached hydrogens (primary N) is 1. The molecule has 1 fully saturated rings. The summed E-state index contributed by atoms with van der Waals surface area (Å²) in [6.07, 6.45) is 0.514. The number of piperazine rings is 1. The molecule has 0 bridgehead atoms. The largest absolute Gasteiger partial charge is 0.340 e. The fourth-order valence-corrected chi connectivity index (χ4v) is 2.58. The van der Waals surface area contributed by atoms with Crippen LogP contribution < -0.4 is 5.73 Å². The van der Waals surface area contributed by atoms with Crippen LogP contribution in [0.5, 0.6) is 0 Å². The van der Waals surface area contributed by atoms with Crippen LogP contribution in [0.25, 0.3) is 0 Å². The van der Waals surface area contributed by atoms with Crippen molar-refractivity contribution in [2.45, 2.75) is 13.3 Å². The fourth-order valence-electron chi connectivity index (χ4n) is 2.58. The second-order valence-corrected chi connectivity index (χ2v) is 5.68. The molecule has 4 heteroatoms. The summed E-state index contributed by atoms with van der Waals surface area (Å²) in [5.41, 5.74) is 6.75. The minimum absolute atomic E-state index is 0.239. The Kier molecular flexibility index (Phi) is 5.56. The number of amides is 1. The van der Waals surface area contributed by atoms with E-state index in [9.17, 15) is 4.79 Å². The number of carbonyl (C=O) groups is 1. The number of hydrogen-bond acceptors (Lipinski definition) is 3. The Bertz CT molecular complexity index is 413. The van der Waals surface area contributed by atoms with Gasteiger partial charge in [0.2, 0.25) is 5.91 Å². The fraction of sp³-hybridized carbons (Fsp3) is 0.562. The molecule has 1 aromatic rings. The Hall–Kier alpha value is -1.39. The quantitative estimate of drug-likeness (QED) is 0.871. The van der Waals surface area contributed by atoms with E-state index in [2.05, 4.69) is 11.8 Å². The number of benzene rings is 1. The van der Waals surface area contributed by atoms with Crippen molar-refractivity contribution in [3.8, 4) is 0 Å². The standard InChI is InChI=1S/C16H25N3O/c1-14(12-17)13-18-7-9-19(10-8-18)16(20)11-15-5-3-2-4-6-15/h2-6,14H,7-13,17H2,1H3. The maximum Gasteiger partial charge on any atom is 0.227 e. The zero-order chi connectivity index (χ0) is 14.4. The molecule has 2 rings (SSSR count). The van der Waals surface area contributed by atoms with E-state index >= 15 is 0 Å². The molecule has 2 N–H and O–H groups in total. The molecule has 0 spiro atoms. The molecule has 0 aliphatic carbocycles. The molecule has 1 heterocycles. The van der Waals surface area contributed by atoms with Crippen LogP contribution in [0.3, 0.4) is 0 Å². The van der Waals surface area contributed by atoms with Crippen molar-refractivity contribution in [1.29, 1.82) is 0 Å². The topological polar surface area (TPSA) is 49.6 Å². The average molecular weight is 275 g/mol. The van der Waals surface area contributed by atoms with E-state index in [0.29, 0.717) is 12.3 Å². The van der Waals surface area contributed by atoms with Gasteiger partial charge in [-0.2, -0.15) is 0 Å². The van der Waals surface area contributed by atoms with Crippen LogP contribution >= 0.6 is 0 Å². The van der Waals surface area contributed by atoms with Crippen LogP contribution in [0, 0.1) is 5.92 Å². The summed E-state index contributed by atoms with van der Waals surface area (Å²) >= 11 is 0. The van der Waals surface area contributed by atoms with Crippen LogP contribution in [0.1, 0.15) is 12.5 Å². The highest BCUT2D eigenvalue weighted by atomic mass is 16.2. The maximum absolute atomic E-state index is 12.2. The molecule has 110 valence electrons. The van der Waals surface area contributed by atoms with Gasteiger partial charge in [-0.05, 0) is 18.0 Å². The van der Waals surface area contributed by atoms with Crippen molar-refractivity contribution in [2.24, 2.45) is 11.7 Å². The molecule has 0 radical (unpaired) electrons. The monoisotopic (exact) mass is 275 g/mol. The van der Waals surface area contributed by atoms with Gasteiger partial charge in [0, 0.05) is 32.7 Å². The molecular weight excluding hydrogens is 250 g/mol. The second-order valence-electron chi connectivity index (χ2n) is 5.68. The lowest BCUT2D eigenvalue weighted by atomic mass is 10.1. The summed E-state index contributed by atoms with van der Waals surface area (Å²) in [4.78, 5) is 16.6. The second kappa shape index (κ2) is 7.41. The van der Waals surface area contributed by atoms with E-state index < -0.39 is 0 Å². The Balaban J connectivity index is 1.77. The van der Waals surface area contributed by atoms with Crippen molar-refractivity contribution >= 4 is 5.91 Å². The minimum atomic E-state index is 0.239. The predicted molar refractivity (Wildman–Crippen MR) is 81.4 cm³/mol. The summed E-state index contributed by atoms with van der Waals surface area (Å²) in [7, 11) is 0. The molecule has 20 heavy (non-hydrogen) atoms. The van der Waals surface area contributed by atoms with Gasteiger partial charge in [-0.1, -0.05) is 37.3 Å². The molecule has 1 atom stereocenters. The first-order valence-corrected chi connectivity index (χ1v) is 7.43. The highest BCUT2D eigenvalue weighted by Crippen LogP contribution is 2.08. The average Bonchev–Trinajstić information content (AvgIpc) is 2.49. The molecule has 4 nitrogen and oxygen atoms in total. The van der Waals surface area contributed by atoms with Crippen LogP contribution in [-0.2, 0) is 11.2 Å². The van der Waals surface area contributed by atoms with Crippen LogP contribution in [-0.4, -0.2) is 55.0 Å². The van der Waals surface area contributed by atoms with Crippen LogP contribution in [0.4, 0.5) is 0 Å². The maximum atomic E-state index is 12.2. The van der Waals surface area contributed by atoms with Crippen molar-refractivity contribution in [2.75, 3.05) is 39.3 Å². The van der Waals surface area contributed by atoms with Gasteiger partial charge in [-0.15, -0.1) is 0 Å². The molecule has 1 amide bonds. The smallest absolute Gasteiger partial charge is 0.227 e. The molecule has 1 aliphatic rings. The number of nitrogens with zero attached hydrogens (tertiary/aromatic N) is 2. The van der Waals surface area contributed by atoms with Crippen molar-refractivity contribution in [3.05, 3.63) is 35.9 Å². The summed E-state index contributed by atoms with van der Waals surface area (Å²) in [6.45, 7) is 7.54. The minimum Gasteiger partial charge on any atom is -0.340 e. The lowest BCUT2D eigenvalue weighted by molar-refractivity contribution is -0.132.